The molecule has 0 aromatic heterocycles. The van der Waals surface area contributed by atoms with Crippen LogP contribution in [0.15, 0.2) is 33.5 Å². The monoisotopic (exact) mass is 191 g/mol. The average molecular weight is 191 g/mol. The van der Waals surface area contributed by atoms with E-state index in [1.54, 1.807) is 0 Å². The highest BCUT2D eigenvalue weighted by molar-refractivity contribution is 5.87. The number of guanidine groups is 1. The smallest absolute Gasteiger partial charge is 0.196 e. The molecule has 0 fully saturated rings. The second-order valence-corrected chi connectivity index (χ2v) is 3.19. The van der Waals surface area contributed by atoms with Crippen molar-refractivity contribution in [3.05, 3.63) is 23.5 Å². The molecule has 74 valence electrons. The SMILES string of the molecule is CC1N=C(N)NC(=C2C=CCN=C2)N1. The molecule has 0 saturated carbocycles. The maximum absolute atomic E-state index is 5.62. The quantitative estimate of drug-likeness (QED) is 0.492. The number of allylic oxidation sites excluding steroid dienone is 2. The van der Waals surface area contributed by atoms with Crippen LogP contribution in [-0.4, -0.2) is 24.9 Å². The number of nitrogens with two attached hydrogens (primary N) is 1. The summed E-state index contributed by atoms with van der Waals surface area (Å²) in [6.45, 7) is 2.69. The summed E-state index contributed by atoms with van der Waals surface area (Å²) in [7, 11) is 0. The molecule has 0 aromatic rings. The topological polar surface area (TPSA) is 74.8 Å². The van der Waals surface area contributed by atoms with Crippen molar-refractivity contribution in [1.82, 2.24) is 10.6 Å². The molecule has 2 aliphatic heterocycles. The summed E-state index contributed by atoms with van der Waals surface area (Å²) >= 11 is 0. The van der Waals surface area contributed by atoms with Gasteiger partial charge in [-0.25, -0.2) is 4.99 Å². The Labute approximate surface area is 82.5 Å². The average Bonchev–Trinajstić information content (AvgIpc) is 2.18. The van der Waals surface area contributed by atoms with Crippen LogP contribution in [-0.2, 0) is 0 Å². The third-order valence-corrected chi connectivity index (χ3v) is 1.97. The Morgan fingerprint density at radius 3 is 3.07 bits per heavy atom. The summed E-state index contributed by atoms with van der Waals surface area (Å²) in [6, 6.07) is 0. The summed E-state index contributed by atoms with van der Waals surface area (Å²) in [5, 5.41) is 6.15. The van der Waals surface area contributed by atoms with E-state index >= 15 is 0 Å². The Balaban J connectivity index is 2.27. The van der Waals surface area contributed by atoms with Crippen LogP contribution in [0.25, 0.3) is 0 Å². The number of hydrogen-bond acceptors (Lipinski definition) is 5. The van der Waals surface area contributed by atoms with E-state index in [-0.39, 0.29) is 6.17 Å². The lowest BCUT2D eigenvalue weighted by Gasteiger charge is -2.23. The Kier molecular flexibility index (Phi) is 2.22. The van der Waals surface area contributed by atoms with E-state index in [1.165, 1.54) is 0 Å². The fraction of sp³-hybridized carbons (Fsp3) is 0.333. The number of nitrogens with zero attached hydrogens (tertiary/aromatic N) is 2. The molecule has 1 unspecified atom stereocenters. The molecule has 0 bridgehead atoms. The van der Waals surface area contributed by atoms with Gasteiger partial charge in [0, 0.05) is 11.8 Å². The minimum Gasteiger partial charge on any atom is -0.370 e. The van der Waals surface area contributed by atoms with Gasteiger partial charge >= 0.3 is 0 Å². The van der Waals surface area contributed by atoms with Crippen LogP contribution in [0.4, 0.5) is 0 Å². The molecule has 0 spiro atoms. The van der Waals surface area contributed by atoms with E-state index in [0.29, 0.717) is 5.96 Å². The first-order chi connectivity index (χ1) is 6.75. The van der Waals surface area contributed by atoms with Crippen LogP contribution < -0.4 is 16.4 Å². The minimum atomic E-state index is 0.00229. The Bertz CT molecular complexity index is 336. The van der Waals surface area contributed by atoms with Gasteiger partial charge in [-0.1, -0.05) is 12.2 Å². The van der Waals surface area contributed by atoms with Crippen molar-refractivity contribution < 1.29 is 0 Å². The Morgan fingerprint density at radius 2 is 2.43 bits per heavy atom. The molecule has 0 amide bonds. The second kappa shape index (κ2) is 3.53. The predicted octanol–water partition coefficient (Wildman–Crippen LogP) is -0.308. The van der Waals surface area contributed by atoms with Crippen molar-refractivity contribution in [2.75, 3.05) is 6.54 Å². The highest BCUT2D eigenvalue weighted by Gasteiger charge is 2.13. The van der Waals surface area contributed by atoms with E-state index in [2.05, 4.69) is 20.6 Å². The van der Waals surface area contributed by atoms with Gasteiger partial charge in [-0.05, 0) is 6.92 Å². The van der Waals surface area contributed by atoms with Crippen LogP contribution in [0.2, 0.25) is 0 Å². The molecule has 2 rings (SSSR count). The van der Waals surface area contributed by atoms with Crippen molar-refractivity contribution in [2.45, 2.75) is 13.1 Å². The molecular formula is C9H13N5. The lowest BCUT2D eigenvalue weighted by Crippen LogP contribution is -2.46. The molecule has 2 heterocycles. The summed E-state index contributed by atoms with van der Waals surface area (Å²) in [4.78, 5) is 8.25. The minimum absolute atomic E-state index is 0.00229. The maximum atomic E-state index is 5.62. The molecule has 4 N–H and O–H groups in total. The van der Waals surface area contributed by atoms with Crippen molar-refractivity contribution >= 4 is 12.2 Å². The van der Waals surface area contributed by atoms with Crippen molar-refractivity contribution in [2.24, 2.45) is 15.7 Å². The van der Waals surface area contributed by atoms with Crippen molar-refractivity contribution in [3.63, 3.8) is 0 Å². The Hall–Kier alpha value is -1.78. The van der Waals surface area contributed by atoms with Gasteiger partial charge in [-0.2, -0.15) is 0 Å². The zero-order chi connectivity index (χ0) is 9.97. The molecule has 1 atom stereocenters. The number of dihydropyridines is 1. The van der Waals surface area contributed by atoms with Gasteiger partial charge < -0.3 is 16.4 Å². The van der Waals surface area contributed by atoms with E-state index < -0.39 is 0 Å². The standard InChI is InChI=1S/C9H13N5/c1-6-12-8(14-9(10)13-6)7-3-2-4-11-5-7/h2-3,5-6,12H,4H2,1H3,(H3,10,13,14). The van der Waals surface area contributed by atoms with Crippen LogP contribution in [0, 0.1) is 0 Å². The fourth-order valence-electron chi connectivity index (χ4n) is 1.38. The van der Waals surface area contributed by atoms with Gasteiger partial charge in [-0.15, -0.1) is 0 Å². The van der Waals surface area contributed by atoms with E-state index in [0.717, 1.165) is 17.9 Å². The summed E-state index contributed by atoms with van der Waals surface area (Å²) in [5.41, 5.74) is 6.62. The number of nitrogens with one attached hydrogen (secondary N) is 2. The first kappa shape index (κ1) is 8.80. The molecular weight excluding hydrogens is 178 g/mol. The third kappa shape index (κ3) is 1.76. The number of hydrogen-bond donors (Lipinski definition) is 3. The highest BCUT2D eigenvalue weighted by Crippen LogP contribution is 2.06. The normalized spacial score (nSPS) is 30.6. The van der Waals surface area contributed by atoms with Crippen molar-refractivity contribution in [3.8, 4) is 0 Å². The Morgan fingerprint density at radius 1 is 1.57 bits per heavy atom. The number of rotatable bonds is 0. The van der Waals surface area contributed by atoms with E-state index in [1.807, 2.05) is 25.3 Å². The van der Waals surface area contributed by atoms with Crippen molar-refractivity contribution in [1.29, 1.82) is 0 Å². The molecule has 2 aliphatic rings. The van der Waals surface area contributed by atoms with Crippen LogP contribution in [0.3, 0.4) is 0 Å². The van der Waals surface area contributed by atoms with Crippen LogP contribution in [0.5, 0.6) is 0 Å². The summed E-state index contributed by atoms with van der Waals surface area (Å²) < 4.78 is 0. The molecule has 0 radical (unpaired) electrons. The van der Waals surface area contributed by atoms with Gasteiger partial charge in [0.2, 0.25) is 0 Å². The maximum Gasteiger partial charge on any atom is 0.196 e. The van der Waals surface area contributed by atoms with E-state index in [9.17, 15) is 0 Å². The summed E-state index contributed by atoms with van der Waals surface area (Å²) in [5.74, 6) is 1.30. The molecule has 14 heavy (non-hydrogen) atoms. The largest absolute Gasteiger partial charge is 0.370 e. The first-order valence-electron chi connectivity index (χ1n) is 4.53. The lowest BCUT2D eigenvalue weighted by molar-refractivity contribution is 0.591. The second-order valence-electron chi connectivity index (χ2n) is 3.19. The first-order valence-corrected chi connectivity index (χ1v) is 4.53. The fourth-order valence-corrected chi connectivity index (χ4v) is 1.38. The third-order valence-electron chi connectivity index (χ3n) is 1.97. The molecule has 5 nitrogen and oxygen atoms in total. The zero-order valence-electron chi connectivity index (χ0n) is 7.99. The highest BCUT2D eigenvalue weighted by atomic mass is 15.3. The predicted molar refractivity (Wildman–Crippen MR) is 56.9 cm³/mol. The summed E-state index contributed by atoms with van der Waals surface area (Å²) in [6.07, 6.45) is 5.83. The molecule has 0 aliphatic carbocycles. The van der Waals surface area contributed by atoms with Gasteiger partial charge in [-0.3, -0.25) is 4.99 Å². The number of aliphatic imine (C=N–C) groups is 2. The van der Waals surface area contributed by atoms with Crippen LogP contribution in [0.1, 0.15) is 6.92 Å². The van der Waals surface area contributed by atoms with Gasteiger partial charge in [0.25, 0.3) is 0 Å². The van der Waals surface area contributed by atoms with Gasteiger partial charge in [0.1, 0.15) is 12.0 Å². The molecule has 0 aromatic carbocycles. The van der Waals surface area contributed by atoms with E-state index in [4.69, 9.17) is 5.73 Å². The van der Waals surface area contributed by atoms with Crippen LogP contribution >= 0.6 is 0 Å². The molecule has 5 heteroatoms. The molecule has 0 saturated heterocycles. The van der Waals surface area contributed by atoms with Gasteiger partial charge in [0.15, 0.2) is 5.96 Å². The van der Waals surface area contributed by atoms with Gasteiger partial charge in [0.05, 0.1) is 6.54 Å². The zero-order valence-corrected chi connectivity index (χ0v) is 7.99. The lowest BCUT2D eigenvalue weighted by atomic mass is 10.2.